The highest BCUT2D eigenvalue weighted by Crippen LogP contribution is 2.13. The largest absolute Gasteiger partial charge is 0.497 e. The molecular formula is C21H24N2O3. The van der Waals surface area contributed by atoms with E-state index < -0.39 is 0 Å². The third-order valence-electron chi connectivity index (χ3n) is 3.90. The van der Waals surface area contributed by atoms with Gasteiger partial charge in [-0.3, -0.25) is 9.59 Å². The predicted octanol–water partition coefficient (Wildman–Crippen LogP) is 3.03. The van der Waals surface area contributed by atoms with Crippen molar-refractivity contribution in [3.05, 3.63) is 78.4 Å². The third-order valence-corrected chi connectivity index (χ3v) is 3.90. The average molecular weight is 352 g/mol. The van der Waals surface area contributed by atoms with E-state index in [9.17, 15) is 9.59 Å². The number of nitrogens with zero attached hydrogens (tertiary/aromatic N) is 1. The molecule has 136 valence electrons. The summed E-state index contributed by atoms with van der Waals surface area (Å²) >= 11 is 0. The smallest absolute Gasteiger partial charge is 0.251 e. The second kappa shape index (κ2) is 10.0. The Morgan fingerprint density at radius 2 is 1.81 bits per heavy atom. The van der Waals surface area contributed by atoms with Crippen LogP contribution in [0, 0.1) is 0 Å². The van der Waals surface area contributed by atoms with E-state index >= 15 is 0 Å². The molecule has 5 nitrogen and oxygen atoms in total. The maximum absolute atomic E-state index is 12.5. The lowest BCUT2D eigenvalue weighted by molar-refractivity contribution is -0.131. The van der Waals surface area contributed by atoms with Gasteiger partial charge in [0.1, 0.15) is 5.75 Å². The standard InChI is InChI=1S/C21H24N2O3/c1-3-15-23(16-17-9-11-19(26-2)12-10-17)20(24)13-14-22-21(25)18-7-5-4-6-8-18/h3-12H,1,13-16H2,2H3,(H,22,25). The summed E-state index contributed by atoms with van der Waals surface area (Å²) in [5, 5.41) is 2.78. The SMILES string of the molecule is C=CCN(Cc1ccc(OC)cc1)C(=O)CCNC(=O)c1ccccc1. The van der Waals surface area contributed by atoms with Crippen LogP contribution < -0.4 is 10.1 Å². The molecule has 0 fully saturated rings. The topological polar surface area (TPSA) is 58.6 Å². The molecule has 0 radical (unpaired) electrons. The van der Waals surface area contributed by atoms with Gasteiger partial charge < -0.3 is 15.0 Å². The van der Waals surface area contributed by atoms with E-state index in [1.54, 1.807) is 42.4 Å². The summed E-state index contributed by atoms with van der Waals surface area (Å²) in [6.45, 7) is 4.95. The molecule has 0 heterocycles. The van der Waals surface area contributed by atoms with Crippen molar-refractivity contribution < 1.29 is 14.3 Å². The van der Waals surface area contributed by atoms with Crippen molar-refractivity contribution in [3.63, 3.8) is 0 Å². The zero-order valence-corrected chi connectivity index (χ0v) is 15.0. The molecule has 1 N–H and O–H groups in total. The van der Waals surface area contributed by atoms with Crippen LogP contribution in [0.1, 0.15) is 22.3 Å². The summed E-state index contributed by atoms with van der Waals surface area (Å²) in [6, 6.07) is 16.5. The highest BCUT2D eigenvalue weighted by Gasteiger charge is 2.13. The van der Waals surface area contributed by atoms with E-state index in [0.29, 0.717) is 25.2 Å². The van der Waals surface area contributed by atoms with Crippen LogP contribution in [0.2, 0.25) is 0 Å². The maximum Gasteiger partial charge on any atom is 0.251 e. The van der Waals surface area contributed by atoms with E-state index in [-0.39, 0.29) is 18.2 Å². The van der Waals surface area contributed by atoms with Gasteiger partial charge in [0.15, 0.2) is 0 Å². The van der Waals surface area contributed by atoms with Crippen molar-refractivity contribution in [2.45, 2.75) is 13.0 Å². The number of hydrogen-bond donors (Lipinski definition) is 1. The summed E-state index contributed by atoms with van der Waals surface area (Å²) in [4.78, 5) is 26.2. The van der Waals surface area contributed by atoms with Crippen molar-refractivity contribution in [3.8, 4) is 5.75 Å². The molecule has 0 atom stereocenters. The zero-order chi connectivity index (χ0) is 18.8. The monoisotopic (exact) mass is 352 g/mol. The lowest BCUT2D eigenvalue weighted by atomic mass is 10.2. The molecule has 0 saturated carbocycles. The average Bonchev–Trinajstić information content (AvgIpc) is 2.68. The molecule has 26 heavy (non-hydrogen) atoms. The van der Waals surface area contributed by atoms with E-state index in [1.165, 1.54) is 0 Å². The van der Waals surface area contributed by atoms with Crippen LogP contribution in [0.25, 0.3) is 0 Å². The number of methoxy groups -OCH3 is 1. The van der Waals surface area contributed by atoms with Crippen LogP contribution in [0.5, 0.6) is 5.75 Å². The molecule has 0 aromatic heterocycles. The zero-order valence-electron chi connectivity index (χ0n) is 15.0. The fraction of sp³-hybridized carbons (Fsp3) is 0.238. The highest BCUT2D eigenvalue weighted by atomic mass is 16.5. The van der Waals surface area contributed by atoms with Crippen molar-refractivity contribution in [1.82, 2.24) is 10.2 Å². The number of nitrogens with one attached hydrogen (secondary N) is 1. The normalized spacial score (nSPS) is 10.0. The van der Waals surface area contributed by atoms with Crippen molar-refractivity contribution in [2.24, 2.45) is 0 Å². The molecule has 0 unspecified atom stereocenters. The summed E-state index contributed by atoms with van der Waals surface area (Å²) in [5.74, 6) is 0.567. The van der Waals surface area contributed by atoms with E-state index in [4.69, 9.17) is 4.74 Å². The first-order chi connectivity index (χ1) is 12.6. The molecule has 0 spiro atoms. The lowest BCUT2D eigenvalue weighted by Crippen LogP contribution is -2.34. The summed E-state index contributed by atoms with van der Waals surface area (Å²) in [5.41, 5.74) is 1.59. The first kappa shape index (κ1) is 19.2. The molecule has 2 amide bonds. The minimum absolute atomic E-state index is 0.0333. The van der Waals surface area contributed by atoms with E-state index in [0.717, 1.165) is 11.3 Å². The van der Waals surface area contributed by atoms with E-state index in [2.05, 4.69) is 11.9 Å². The second-order valence-corrected chi connectivity index (χ2v) is 5.78. The molecule has 0 aliphatic heterocycles. The fourth-order valence-electron chi connectivity index (χ4n) is 2.49. The van der Waals surface area contributed by atoms with Gasteiger partial charge in [-0.05, 0) is 29.8 Å². The molecular weight excluding hydrogens is 328 g/mol. The number of benzene rings is 2. The number of amides is 2. The fourth-order valence-corrected chi connectivity index (χ4v) is 2.49. The van der Waals surface area contributed by atoms with Gasteiger partial charge in [-0.15, -0.1) is 6.58 Å². The van der Waals surface area contributed by atoms with Crippen LogP contribution in [0.3, 0.4) is 0 Å². The van der Waals surface area contributed by atoms with Gasteiger partial charge >= 0.3 is 0 Å². The van der Waals surface area contributed by atoms with Crippen LogP contribution in [0.4, 0.5) is 0 Å². The van der Waals surface area contributed by atoms with Gasteiger partial charge in [0, 0.05) is 31.6 Å². The Labute approximate surface area is 154 Å². The molecule has 0 bridgehead atoms. The van der Waals surface area contributed by atoms with Gasteiger partial charge in [-0.25, -0.2) is 0 Å². The van der Waals surface area contributed by atoms with Gasteiger partial charge in [0.25, 0.3) is 5.91 Å². The lowest BCUT2D eigenvalue weighted by Gasteiger charge is -2.21. The Hall–Kier alpha value is -3.08. The van der Waals surface area contributed by atoms with Crippen LogP contribution >= 0.6 is 0 Å². The number of rotatable bonds is 9. The summed E-state index contributed by atoms with van der Waals surface area (Å²) in [6.07, 6.45) is 1.94. The predicted molar refractivity (Wildman–Crippen MR) is 102 cm³/mol. The minimum Gasteiger partial charge on any atom is -0.497 e. The Balaban J connectivity index is 1.86. The number of carbonyl (C=O) groups is 2. The molecule has 2 rings (SSSR count). The Kier molecular flexibility index (Phi) is 7.43. The molecule has 0 saturated heterocycles. The van der Waals surface area contributed by atoms with Gasteiger partial charge in [0.2, 0.25) is 5.91 Å². The quantitative estimate of drug-likeness (QED) is 0.706. The number of ether oxygens (including phenoxy) is 1. The molecule has 0 aliphatic carbocycles. The molecule has 2 aromatic rings. The Bertz CT molecular complexity index is 727. The Morgan fingerprint density at radius 3 is 2.42 bits per heavy atom. The summed E-state index contributed by atoms with van der Waals surface area (Å²) in [7, 11) is 1.62. The molecule has 2 aromatic carbocycles. The first-order valence-electron chi connectivity index (χ1n) is 8.49. The van der Waals surface area contributed by atoms with Gasteiger partial charge in [-0.1, -0.05) is 36.4 Å². The van der Waals surface area contributed by atoms with Gasteiger partial charge in [-0.2, -0.15) is 0 Å². The van der Waals surface area contributed by atoms with Crippen LogP contribution in [0.15, 0.2) is 67.3 Å². The Morgan fingerprint density at radius 1 is 1.12 bits per heavy atom. The highest BCUT2D eigenvalue weighted by molar-refractivity contribution is 5.94. The molecule has 0 aliphatic rings. The minimum atomic E-state index is -0.177. The van der Waals surface area contributed by atoms with Crippen LogP contribution in [-0.4, -0.2) is 36.9 Å². The third kappa shape index (κ3) is 5.77. The van der Waals surface area contributed by atoms with Crippen LogP contribution in [-0.2, 0) is 11.3 Å². The van der Waals surface area contributed by atoms with Crippen molar-refractivity contribution >= 4 is 11.8 Å². The first-order valence-corrected chi connectivity index (χ1v) is 8.49. The summed E-state index contributed by atoms with van der Waals surface area (Å²) < 4.78 is 5.14. The second-order valence-electron chi connectivity index (χ2n) is 5.78. The van der Waals surface area contributed by atoms with Crippen molar-refractivity contribution in [1.29, 1.82) is 0 Å². The maximum atomic E-state index is 12.5. The molecule has 5 heteroatoms. The van der Waals surface area contributed by atoms with Gasteiger partial charge in [0.05, 0.1) is 7.11 Å². The number of carbonyl (C=O) groups excluding carboxylic acids is 2. The van der Waals surface area contributed by atoms with E-state index in [1.807, 2.05) is 30.3 Å². The number of hydrogen-bond acceptors (Lipinski definition) is 3. The van der Waals surface area contributed by atoms with Crippen molar-refractivity contribution in [2.75, 3.05) is 20.2 Å².